The Morgan fingerprint density at radius 2 is 1.68 bits per heavy atom. The van der Waals surface area contributed by atoms with Gasteiger partial charge in [-0.15, -0.1) is 0 Å². The number of benzene rings is 3. The second kappa shape index (κ2) is 11.1. The van der Waals surface area contributed by atoms with Gasteiger partial charge in [-0.25, -0.2) is 12.8 Å². The maximum absolute atomic E-state index is 14.2. The summed E-state index contributed by atoms with van der Waals surface area (Å²) in [4.78, 5) is 14.3. The first-order chi connectivity index (χ1) is 16.2. The van der Waals surface area contributed by atoms with Crippen LogP contribution < -0.4 is 14.2 Å². The predicted molar refractivity (Wildman–Crippen MR) is 127 cm³/mol. The first kappa shape index (κ1) is 25.2. The summed E-state index contributed by atoms with van der Waals surface area (Å²) in [5, 5.41) is 0. The van der Waals surface area contributed by atoms with Crippen LogP contribution in [0, 0.1) is 5.82 Å². The Bertz CT molecular complexity index is 1240. The minimum Gasteiger partial charge on any atom is -0.497 e. The Morgan fingerprint density at radius 3 is 2.32 bits per heavy atom. The van der Waals surface area contributed by atoms with Crippen molar-refractivity contribution in [3.63, 3.8) is 0 Å². The van der Waals surface area contributed by atoms with Gasteiger partial charge in [0.1, 0.15) is 28.3 Å². The number of sulfonamides is 1. The molecule has 3 aromatic carbocycles. The highest BCUT2D eigenvalue weighted by molar-refractivity contribution is 7.89. The molecule has 0 aliphatic rings. The predicted octanol–water partition coefficient (Wildman–Crippen LogP) is 3.39. The zero-order valence-corrected chi connectivity index (χ0v) is 20.0. The summed E-state index contributed by atoms with van der Waals surface area (Å²) < 4.78 is 53.1. The molecule has 0 bridgehead atoms. The maximum atomic E-state index is 14.2. The van der Waals surface area contributed by atoms with Crippen LogP contribution in [-0.2, 0) is 27.8 Å². The van der Waals surface area contributed by atoms with Crippen LogP contribution >= 0.6 is 0 Å². The van der Waals surface area contributed by atoms with E-state index >= 15 is 0 Å². The van der Waals surface area contributed by atoms with Crippen LogP contribution in [0.15, 0.2) is 77.7 Å². The summed E-state index contributed by atoms with van der Waals surface area (Å²) in [6.45, 7) is 0.165. The van der Waals surface area contributed by atoms with E-state index in [0.717, 1.165) is 23.3 Å². The Kier molecular flexibility index (Phi) is 8.25. The van der Waals surface area contributed by atoms with Gasteiger partial charge in [0.25, 0.3) is 0 Å². The summed E-state index contributed by atoms with van der Waals surface area (Å²) in [5.41, 5.74) is 1.47. The van der Waals surface area contributed by atoms with Crippen LogP contribution in [-0.4, -0.2) is 46.5 Å². The number of carbonyl (C=O) groups is 1. The van der Waals surface area contributed by atoms with Crippen molar-refractivity contribution in [2.24, 2.45) is 0 Å². The van der Waals surface area contributed by atoms with Crippen molar-refractivity contribution < 1.29 is 27.1 Å². The third kappa shape index (κ3) is 6.12. The smallest absolute Gasteiger partial charge is 0.244 e. The van der Waals surface area contributed by atoms with E-state index in [-0.39, 0.29) is 13.0 Å². The first-order valence-electron chi connectivity index (χ1n) is 10.5. The van der Waals surface area contributed by atoms with Gasteiger partial charge in [0, 0.05) is 25.2 Å². The lowest BCUT2D eigenvalue weighted by molar-refractivity contribution is -0.132. The Morgan fingerprint density at radius 1 is 1.00 bits per heavy atom. The van der Waals surface area contributed by atoms with Gasteiger partial charge < -0.3 is 14.4 Å². The average Bonchev–Trinajstić information content (AvgIpc) is 2.84. The van der Waals surface area contributed by atoms with Gasteiger partial charge in [-0.05, 0) is 36.2 Å². The zero-order valence-electron chi connectivity index (χ0n) is 19.2. The molecule has 0 saturated carbocycles. The summed E-state index contributed by atoms with van der Waals surface area (Å²) >= 11 is 0. The number of methoxy groups -OCH3 is 2. The lowest BCUT2D eigenvalue weighted by Gasteiger charge is -2.25. The van der Waals surface area contributed by atoms with Crippen molar-refractivity contribution in [3.05, 3.63) is 89.7 Å². The Labute approximate surface area is 199 Å². The van der Waals surface area contributed by atoms with E-state index in [1.807, 2.05) is 6.07 Å². The van der Waals surface area contributed by atoms with E-state index in [1.54, 1.807) is 56.6 Å². The van der Waals surface area contributed by atoms with E-state index in [2.05, 4.69) is 4.72 Å². The number of amides is 1. The fraction of sp³-hybridized carbons (Fsp3) is 0.240. The number of nitrogens with zero attached hydrogens (tertiary/aromatic N) is 1. The molecule has 34 heavy (non-hydrogen) atoms. The highest BCUT2D eigenvalue weighted by Gasteiger charge is 2.30. The quantitative estimate of drug-likeness (QED) is 0.475. The third-order valence-corrected chi connectivity index (χ3v) is 6.79. The summed E-state index contributed by atoms with van der Waals surface area (Å²) in [6.07, 6.45) is 0.0947. The molecule has 1 unspecified atom stereocenters. The molecule has 1 N–H and O–H groups in total. The molecule has 3 rings (SSSR count). The molecule has 180 valence electrons. The van der Waals surface area contributed by atoms with Crippen molar-refractivity contribution in [1.29, 1.82) is 0 Å². The number of rotatable bonds is 10. The monoisotopic (exact) mass is 486 g/mol. The number of likely N-dealkylation sites (N-methyl/N-ethyl adjacent to an activating group) is 1. The van der Waals surface area contributed by atoms with E-state index < -0.39 is 32.7 Å². The highest BCUT2D eigenvalue weighted by Crippen LogP contribution is 2.26. The number of nitrogens with one attached hydrogen (secondary N) is 1. The Hall–Kier alpha value is -3.43. The van der Waals surface area contributed by atoms with Gasteiger partial charge >= 0.3 is 0 Å². The molecular formula is C25H27FN2O5S. The van der Waals surface area contributed by atoms with Crippen molar-refractivity contribution >= 4 is 15.9 Å². The van der Waals surface area contributed by atoms with E-state index in [4.69, 9.17) is 9.47 Å². The van der Waals surface area contributed by atoms with Crippen molar-refractivity contribution in [2.75, 3.05) is 21.3 Å². The molecule has 0 aromatic heterocycles. The zero-order chi connectivity index (χ0) is 24.7. The minimum atomic E-state index is -4.30. The lowest BCUT2D eigenvalue weighted by Crippen LogP contribution is -2.48. The van der Waals surface area contributed by atoms with Gasteiger partial charge in [0.2, 0.25) is 15.9 Å². The van der Waals surface area contributed by atoms with E-state index in [9.17, 15) is 17.6 Å². The van der Waals surface area contributed by atoms with Crippen LogP contribution in [0.3, 0.4) is 0 Å². The fourth-order valence-electron chi connectivity index (χ4n) is 3.52. The normalized spacial score (nSPS) is 12.1. The fourth-order valence-corrected chi connectivity index (χ4v) is 4.79. The Balaban J connectivity index is 1.88. The summed E-state index contributed by atoms with van der Waals surface area (Å²) in [6, 6.07) is 18.1. The van der Waals surface area contributed by atoms with Crippen molar-refractivity contribution in [3.8, 4) is 11.5 Å². The molecule has 9 heteroatoms. The molecule has 0 spiro atoms. The molecule has 3 aromatic rings. The lowest BCUT2D eigenvalue weighted by atomic mass is 10.1. The number of halogens is 1. The first-order valence-corrected chi connectivity index (χ1v) is 12.0. The molecule has 7 nitrogen and oxygen atoms in total. The average molecular weight is 487 g/mol. The molecule has 0 radical (unpaired) electrons. The second-order valence-corrected chi connectivity index (χ2v) is 9.35. The van der Waals surface area contributed by atoms with Crippen LogP contribution in [0.25, 0.3) is 0 Å². The molecule has 1 amide bonds. The van der Waals surface area contributed by atoms with Crippen LogP contribution in [0.5, 0.6) is 11.5 Å². The summed E-state index contributed by atoms with van der Waals surface area (Å²) in [5.74, 6) is -0.224. The number of carbonyl (C=O) groups excluding carboxylic acids is 1. The van der Waals surface area contributed by atoms with Crippen molar-refractivity contribution in [1.82, 2.24) is 9.62 Å². The second-order valence-electron chi connectivity index (χ2n) is 7.67. The molecule has 0 heterocycles. The van der Waals surface area contributed by atoms with Crippen LogP contribution in [0.2, 0.25) is 0 Å². The molecule has 0 aliphatic carbocycles. The maximum Gasteiger partial charge on any atom is 0.244 e. The van der Waals surface area contributed by atoms with Crippen LogP contribution in [0.4, 0.5) is 4.39 Å². The van der Waals surface area contributed by atoms with Gasteiger partial charge in [-0.3, -0.25) is 4.79 Å². The summed E-state index contributed by atoms with van der Waals surface area (Å²) in [7, 11) is 0.330. The van der Waals surface area contributed by atoms with Gasteiger partial charge in [-0.2, -0.15) is 4.72 Å². The topological polar surface area (TPSA) is 84.9 Å². The molecule has 1 atom stereocenters. The van der Waals surface area contributed by atoms with E-state index in [1.165, 1.54) is 24.1 Å². The minimum absolute atomic E-state index is 0.0947. The highest BCUT2D eigenvalue weighted by atomic mass is 32.2. The van der Waals surface area contributed by atoms with Crippen molar-refractivity contribution in [2.45, 2.75) is 23.9 Å². The SMILES string of the molecule is COc1ccc(CN(C)C(=O)C(Cc2ccccc2)NS(=O)(=O)c2ccccc2F)c(OC)c1. The third-order valence-electron chi connectivity index (χ3n) is 5.28. The van der Waals surface area contributed by atoms with Gasteiger partial charge in [0.15, 0.2) is 0 Å². The standard InChI is InChI=1S/C25H27FN2O5S/c1-28(17-19-13-14-20(32-2)16-23(19)33-3)25(29)22(15-18-9-5-4-6-10-18)27-34(30,31)24-12-8-7-11-21(24)26/h4-14,16,22,27H,15,17H2,1-3H3. The number of hydrogen-bond donors (Lipinski definition) is 1. The molecule has 0 aliphatic heterocycles. The largest absolute Gasteiger partial charge is 0.497 e. The molecule has 0 fully saturated rings. The van der Waals surface area contributed by atoms with E-state index in [0.29, 0.717) is 11.5 Å². The number of hydrogen-bond acceptors (Lipinski definition) is 5. The molecular weight excluding hydrogens is 459 g/mol. The van der Waals surface area contributed by atoms with Gasteiger partial charge in [-0.1, -0.05) is 42.5 Å². The molecule has 0 saturated heterocycles. The van der Waals surface area contributed by atoms with Gasteiger partial charge in [0.05, 0.1) is 14.2 Å². The van der Waals surface area contributed by atoms with Crippen LogP contribution in [0.1, 0.15) is 11.1 Å². The number of ether oxygens (including phenoxy) is 2.